The molecule has 2 aliphatic rings. The lowest BCUT2D eigenvalue weighted by atomic mass is 9.90. The summed E-state index contributed by atoms with van der Waals surface area (Å²) < 4.78 is 18.7. The number of hydrogen-bond donors (Lipinski definition) is 1. The van der Waals surface area contributed by atoms with E-state index in [0.717, 1.165) is 54.9 Å². The Labute approximate surface area is 206 Å². The second-order valence-electron chi connectivity index (χ2n) is 10.3. The third kappa shape index (κ3) is 4.81. The lowest BCUT2D eigenvalue weighted by Crippen LogP contribution is -2.44. The molecule has 0 bridgehead atoms. The topological polar surface area (TPSA) is 65.0 Å². The summed E-state index contributed by atoms with van der Waals surface area (Å²) in [6.45, 7) is 9.59. The van der Waals surface area contributed by atoms with Gasteiger partial charge in [-0.1, -0.05) is 30.3 Å². The molecule has 1 aromatic heterocycles. The van der Waals surface area contributed by atoms with E-state index in [9.17, 15) is 4.79 Å². The average Bonchev–Trinajstić information content (AvgIpc) is 3.18. The van der Waals surface area contributed by atoms with E-state index >= 15 is 0 Å². The van der Waals surface area contributed by atoms with E-state index in [1.54, 1.807) is 11.7 Å². The van der Waals surface area contributed by atoms with Gasteiger partial charge in [-0.05, 0) is 56.5 Å². The van der Waals surface area contributed by atoms with Crippen LogP contribution in [0.5, 0.6) is 0 Å². The molecule has 1 unspecified atom stereocenters. The van der Waals surface area contributed by atoms with Gasteiger partial charge in [0.15, 0.2) is 0 Å². The summed E-state index contributed by atoms with van der Waals surface area (Å²) in [5.74, 6) is 0. The summed E-state index contributed by atoms with van der Waals surface area (Å²) in [7, 11) is 1.73. The fourth-order valence-corrected chi connectivity index (χ4v) is 5.23. The zero-order valence-electron chi connectivity index (χ0n) is 21.0. The number of benzene rings is 2. The zero-order valence-corrected chi connectivity index (χ0v) is 21.0. The normalized spacial score (nSPS) is 20.6. The summed E-state index contributed by atoms with van der Waals surface area (Å²) in [6.07, 6.45) is 0.429. The number of morpholine rings is 1. The van der Waals surface area contributed by atoms with Gasteiger partial charge in [0.05, 0.1) is 37.1 Å². The van der Waals surface area contributed by atoms with E-state index < -0.39 is 5.60 Å². The van der Waals surface area contributed by atoms with Crippen LogP contribution in [0.4, 0.5) is 10.5 Å². The summed E-state index contributed by atoms with van der Waals surface area (Å²) >= 11 is 0. The number of nitrogens with zero attached hydrogens (tertiary/aromatic N) is 2. The highest BCUT2D eigenvalue weighted by Gasteiger charge is 2.36. The fourth-order valence-electron chi connectivity index (χ4n) is 5.23. The molecule has 2 atom stereocenters. The van der Waals surface area contributed by atoms with Gasteiger partial charge in [0.25, 0.3) is 0 Å². The molecule has 5 rings (SSSR count). The Morgan fingerprint density at radius 3 is 2.49 bits per heavy atom. The van der Waals surface area contributed by atoms with Crippen LogP contribution in [-0.4, -0.2) is 62.3 Å². The molecular weight excluding hydrogens is 442 g/mol. The molecule has 1 fully saturated rings. The van der Waals surface area contributed by atoms with Crippen LogP contribution in [0.25, 0.3) is 10.9 Å². The lowest BCUT2D eigenvalue weighted by Gasteiger charge is -2.33. The van der Waals surface area contributed by atoms with Crippen molar-refractivity contribution in [3.05, 3.63) is 65.4 Å². The van der Waals surface area contributed by atoms with Gasteiger partial charge >= 0.3 is 6.09 Å². The molecule has 0 amide bonds. The van der Waals surface area contributed by atoms with Gasteiger partial charge in [0, 0.05) is 37.3 Å². The van der Waals surface area contributed by atoms with Crippen LogP contribution in [0.2, 0.25) is 0 Å². The molecule has 0 radical (unpaired) electrons. The number of carbonyl (C=O) groups is 1. The molecule has 1 saturated heterocycles. The van der Waals surface area contributed by atoms with Gasteiger partial charge in [-0.2, -0.15) is 0 Å². The second-order valence-corrected chi connectivity index (χ2v) is 10.3. The van der Waals surface area contributed by atoms with E-state index in [1.807, 2.05) is 39.0 Å². The molecule has 0 aliphatic carbocycles. The maximum Gasteiger partial charge on any atom is 0.419 e. The van der Waals surface area contributed by atoms with E-state index in [0.29, 0.717) is 6.61 Å². The minimum absolute atomic E-state index is 0.134. The number of para-hydroxylation sites is 1. The van der Waals surface area contributed by atoms with Crippen LogP contribution in [0.1, 0.15) is 43.6 Å². The standard InChI is InChI=1S/C28H35N3O4/c1-28(2,3)35-27(32)31-24-8-6-5-7-22(24)23-17-20(18-33-4)29-25(26(23)31)19-9-11-21(12-10-19)30-13-15-34-16-14-30/h5-12,20,25,29H,13-18H2,1-4H3/t20-,25?/m1/s1. The van der Waals surface area contributed by atoms with Gasteiger partial charge in [0.2, 0.25) is 0 Å². The van der Waals surface area contributed by atoms with Crippen LogP contribution in [-0.2, 0) is 20.6 Å². The van der Waals surface area contributed by atoms with E-state index in [2.05, 4.69) is 40.5 Å². The highest BCUT2D eigenvalue weighted by molar-refractivity contribution is 5.94. The van der Waals surface area contributed by atoms with Crippen molar-refractivity contribution in [1.82, 2.24) is 9.88 Å². The number of fused-ring (bicyclic) bond motifs is 3. The smallest absolute Gasteiger partial charge is 0.419 e. The second kappa shape index (κ2) is 9.64. The van der Waals surface area contributed by atoms with Gasteiger partial charge in [-0.15, -0.1) is 0 Å². The van der Waals surface area contributed by atoms with Crippen LogP contribution in [0.3, 0.4) is 0 Å². The van der Waals surface area contributed by atoms with Crippen molar-refractivity contribution in [2.24, 2.45) is 0 Å². The van der Waals surface area contributed by atoms with Crippen molar-refractivity contribution >= 4 is 22.7 Å². The summed E-state index contributed by atoms with van der Waals surface area (Å²) in [5, 5.41) is 4.85. The molecule has 1 N–H and O–H groups in total. The first kappa shape index (κ1) is 23.9. The first-order chi connectivity index (χ1) is 16.9. The van der Waals surface area contributed by atoms with Crippen LogP contribution < -0.4 is 10.2 Å². The molecule has 3 aromatic rings. The SMILES string of the molecule is COC[C@H]1Cc2c(n(C(=O)OC(C)(C)C)c3ccccc23)C(c2ccc(N3CCOCC3)cc2)N1. The third-order valence-corrected chi connectivity index (χ3v) is 6.69. The molecule has 0 saturated carbocycles. The van der Waals surface area contributed by atoms with Gasteiger partial charge in [-0.25, -0.2) is 9.36 Å². The number of methoxy groups -OCH3 is 1. The summed E-state index contributed by atoms with van der Waals surface area (Å²) in [5.41, 5.74) is 4.71. The maximum atomic E-state index is 13.5. The van der Waals surface area contributed by atoms with Crippen molar-refractivity contribution in [3.63, 3.8) is 0 Å². The van der Waals surface area contributed by atoms with Crippen molar-refractivity contribution in [2.45, 2.75) is 44.9 Å². The summed E-state index contributed by atoms with van der Waals surface area (Å²) in [6, 6.07) is 16.7. The third-order valence-electron chi connectivity index (χ3n) is 6.69. The molecule has 3 heterocycles. The predicted octanol–water partition coefficient (Wildman–Crippen LogP) is 4.51. The Kier molecular flexibility index (Phi) is 6.57. The monoisotopic (exact) mass is 477 g/mol. The number of anilines is 1. The maximum absolute atomic E-state index is 13.5. The number of carbonyl (C=O) groups excluding carboxylic acids is 1. The first-order valence-corrected chi connectivity index (χ1v) is 12.4. The number of nitrogens with one attached hydrogen (secondary N) is 1. The molecule has 186 valence electrons. The Morgan fingerprint density at radius 2 is 1.80 bits per heavy atom. The van der Waals surface area contributed by atoms with Crippen molar-refractivity contribution < 1.29 is 19.0 Å². The van der Waals surface area contributed by atoms with E-state index in [1.165, 1.54) is 11.3 Å². The van der Waals surface area contributed by atoms with Crippen molar-refractivity contribution in [2.75, 3.05) is 44.9 Å². The largest absolute Gasteiger partial charge is 0.443 e. The molecular formula is C28H35N3O4. The number of rotatable bonds is 4. The van der Waals surface area contributed by atoms with E-state index in [4.69, 9.17) is 14.2 Å². The Bertz CT molecular complexity index is 1190. The quantitative estimate of drug-likeness (QED) is 0.597. The minimum atomic E-state index is -0.592. The lowest BCUT2D eigenvalue weighted by molar-refractivity contribution is 0.0536. The molecule has 0 spiro atoms. The van der Waals surface area contributed by atoms with E-state index in [-0.39, 0.29) is 18.2 Å². The summed E-state index contributed by atoms with van der Waals surface area (Å²) in [4.78, 5) is 15.9. The van der Waals surface area contributed by atoms with Crippen molar-refractivity contribution in [3.8, 4) is 0 Å². The number of aromatic nitrogens is 1. The minimum Gasteiger partial charge on any atom is -0.443 e. The molecule has 2 aromatic carbocycles. The Hall–Kier alpha value is -2.87. The highest BCUT2D eigenvalue weighted by Crippen LogP contribution is 2.38. The Morgan fingerprint density at radius 1 is 1.09 bits per heavy atom. The van der Waals surface area contributed by atoms with Gasteiger partial charge in [-0.3, -0.25) is 5.32 Å². The van der Waals surface area contributed by atoms with Crippen LogP contribution >= 0.6 is 0 Å². The first-order valence-electron chi connectivity index (χ1n) is 12.4. The Balaban J connectivity index is 1.61. The predicted molar refractivity (Wildman–Crippen MR) is 137 cm³/mol. The number of hydrogen-bond acceptors (Lipinski definition) is 6. The average molecular weight is 478 g/mol. The fraction of sp³-hybridized carbons (Fsp3) is 0.464. The zero-order chi connectivity index (χ0) is 24.6. The number of ether oxygens (including phenoxy) is 3. The highest BCUT2D eigenvalue weighted by atomic mass is 16.6. The molecule has 7 nitrogen and oxygen atoms in total. The van der Waals surface area contributed by atoms with Crippen LogP contribution in [0, 0.1) is 0 Å². The van der Waals surface area contributed by atoms with Crippen molar-refractivity contribution in [1.29, 1.82) is 0 Å². The van der Waals surface area contributed by atoms with Crippen LogP contribution in [0.15, 0.2) is 48.5 Å². The van der Waals surface area contributed by atoms with Gasteiger partial charge in [0.1, 0.15) is 5.60 Å². The molecule has 7 heteroatoms. The molecule has 35 heavy (non-hydrogen) atoms. The molecule has 2 aliphatic heterocycles. The van der Waals surface area contributed by atoms with Gasteiger partial charge < -0.3 is 19.1 Å².